The lowest BCUT2D eigenvalue weighted by Crippen LogP contribution is -2.12. The summed E-state index contributed by atoms with van der Waals surface area (Å²) < 4.78 is 6.92. The maximum Gasteiger partial charge on any atom is 0.118 e. The van der Waals surface area contributed by atoms with Crippen molar-refractivity contribution in [2.75, 3.05) is 12.9 Å². The normalized spacial score (nSPS) is 12.4. The van der Waals surface area contributed by atoms with Crippen molar-refractivity contribution >= 4 is 11.8 Å². The van der Waals surface area contributed by atoms with Gasteiger partial charge in [0.15, 0.2) is 0 Å². The fourth-order valence-corrected chi connectivity index (χ4v) is 2.52. The van der Waals surface area contributed by atoms with Gasteiger partial charge in [-0.3, -0.25) is 4.68 Å². The molecule has 18 heavy (non-hydrogen) atoms. The number of aryl methyl sites for hydroxylation is 1. The fraction of sp³-hybridized carbons (Fsp3) is 0.308. The Balaban J connectivity index is 1.92. The number of ether oxygens (including phenoxy) is 1. The molecule has 0 spiro atoms. The zero-order valence-corrected chi connectivity index (χ0v) is 11.4. The van der Waals surface area contributed by atoms with E-state index in [9.17, 15) is 0 Å². The third-order valence-corrected chi connectivity index (χ3v) is 3.72. The molecule has 2 rings (SSSR count). The predicted molar refractivity (Wildman–Crippen MR) is 73.9 cm³/mol. The summed E-state index contributed by atoms with van der Waals surface area (Å²) in [7, 11) is 3.57. The van der Waals surface area contributed by atoms with Crippen molar-refractivity contribution in [3.63, 3.8) is 0 Å². The lowest BCUT2D eigenvalue weighted by Gasteiger charge is -2.11. The van der Waals surface area contributed by atoms with E-state index in [1.807, 2.05) is 43.7 Å². The number of hydrogen-bond donors (Lipinski definition) is 1. The Hall–Kier alpha value is -1.46. The third kappa shape index (κ3) is 3.27. The van der Waals surface area contributed by atoms with Crippen LogP contribution in [-0.2, 0) is 7.05 Å². The molecule has 0 aliphatic carbocycles. The fourth-order valence-electron chi connectivity index (χ4n) is 1.61. The number of nitrogens with zero attached hydrogens (tertiary/aromatic N) is 2. The highest BCUT2D eigenvalue weighted by atomic mass is 32.2. The van der Waals surface area contributed by atoms with Gasteiger partial charge in [0.2, 0.25) is 0 Å². The first-order chi connectivity index (χ1) is 8.69. The topological polar surface area (TPSA) is 53.1 Å². The minimum atomic E-state index is 0.0149. The molecule has 2 N–H and O–H groups in total. The van der Waals surface area contributed by atoms with Crippen molar-refractivity contribution in [1.82, 2.24) is 9.78 Å². The highest BCUT2D eigenvalue weighted by Crippen LogP contribution is 2.23. The van der Waals surface area contributed by atoms with Crippen LogP contribution in [0, 0.1) is 0 Å². The van der Waals surface area contributed by atoms with Crippen LogP contribution >= 0.6 is 11.8 Å². The number of rotatable bonds is 5. The van der Waals surface area contributed by atoms with Gasteiger partial charge in [-0.25, -0.2) is 0 Å². The van der Waals surface area contributed by atoms with Crippen LogP contribution in [0.5, 0.6) is 5.75 Å². The van der Waals surface area contributed by atoms with Gasteiger partial charge < -0.3 is 10.5 Å². The zero-order valence-electron chi connectivity index (χ0n) is 10.5. The van der Waals surface area contributed by atoms with Crippen molar-refractivity contribution in [3.05, 3.63) is 42.2 Å². The minimum Gasteiger partial charge on any atom is -0.497 e. The van der Waals surface area contributed by atoms with Gasteiger partial charge in [0.1, 0.15) is 5.75 Å². The van der Waals surface area contributed by atoms with E-state index in [4.69, 9.17) is 10.5 Å². The second-order valence-corrected chi connectivity index (χ2v) is 5.13. The summed E-state index contributed by atoms with van der Waals surface area (Å²) in [5, 5.41) is 4.13. The third-order valence-electron chi connectivity index (χ3n) is 2.65. The van der Waals surface area contributed by atoms with E-state index in [-0.39, 0.29) is 6.04 Å². The van der Waals surface area contributed by atoms with Gasteiger partial charge in [-0.15, -0.1) is 11.8 Å². The molecule has 1 heterocycles. The molecule has 0 radical (unpaired) electrons. The second kappa shape index (κ2) is 5.93. The van der Waals surface area contributed by atoms with Crippen molar-refractivity contribution in [2.24, 2.45) is 12.8 Å². The van der Waals surface area contributed by atoms with E-state index in [0.717, 1.165) is 22.0 Å². The zero-order chi connectivity index (χ0) is 13.0. The average Bonchev–Trinajstić information content (AvgIpc) is 2.82. The minimum absolute atomic E-state index is 0.0149. The van der Waals surface area contributed by atoms with Gasteiger partial charge in [0, 0.05) is 29.9 Å². The molecule has 1 aromatic carbocycles. The maximum absolute atomic E-state index is 6.15. The number of nitrogens with two attached hydrogens (primary N) is 1. The summed E-state index contributed by atoms with van der Waals surface area (Å²) in [5.41, 5.74) is 7.27. The Morgan fingerprint density at radius 1 is 1.39 bits per heavy atom. The highest BCUT2D eigenvalue weighted by molar-refractivity contribution is 7.99. The molecule has 0 bridgehead atoms. The van der Waals surface area contributed by atoms with Crippen molar-refractivity contribution < 1.29 is 4.74 Å². The smallest absolute Gasteiger partial charge is 0.118 e. The molecule has 0 fully saturated rings. The van der Waals surface area contributed by atoms with Gasteiger partial charge >= 0.3 is 0 Å². The molecule has 5 heteroatoms. The number of methoxy groups -OCH3 is 1. The molecule has 0 amide bonds. The van der Waals surface area contributed by atoms with Crippen LogP contribution < -0.4 is 10.5 Å². The molecule has 0 saturated heterocycles. The van der Waals surface area contributed by atoms with Gasteiger partial charge in [0.25, 0.3) is 0 Å². The second-order valence-electron chi connectivity index (χ2n) is 4.04. The van der Waals surface area contributed by atoms with E-state index in [1.54, 1.807) is 23.6 Å². The lowest BCUT2D eigenvalue weighted by atomic mass is 10.1. The van der Waals surface area contributed by atoms with Gasteiger partial charge in [-0.05, 0) is 17.7 Å². The van der Waals surface area contributed by atoms with E-state index >= 15 is 0 Å². The van der Waals surface area contributed by atoms with E-state index in [2.05, 4.69) is 5.10 Å². The van der Waals surface area contributed by atoms with E-state index in [1.165, 1.54) is 0 Å². The number of thioether (sulfide) groups is 1. The molecule has 1 atom stereocenters. The molecule has 0 aliphatic heterocycles. The van der Waals surface area contributed by atoms with Gasteiger partial charge in [-0.2, -0.15) is 5.10 Å². The van der Waals surface area contributed by atoms with Crippen LogP contribution in [0.2, 0.25) is 0 Å². The highest BCUT2D eigenvalue weighted by Gasteiger charge is 2.07. The quantitative estimate of drug-likeness (QED) is 0.840. The summed E-state index contributed by atoms with van der Waals surface area (Å²) >= 11 is 1.71. The summed E-state index contributed by atoms with van der Waals surface area (Å²) in [4.78, 5) is 1.14. The van der Waals surface area contributed by atoms with Crippen LogP contribution in [-0.4, -0.2) is 22.6 Å². The first-order valence-electron chi connectivity index (χ1n) is 5.70. The van der Waals surface area contributed by atoms with Crippen LogP contribution in [0.4, 0.5) is 0 Å². The number of hydrogen-bond acceptors (Lipinski definition) is 4. The molecule has 1 unspecified atom stereocenters. The molecular formula is C13H17N3OS. The van der Waals surface area contributed by atoms with Crippen LogP contribution in [0.3, 0.4) is 0 Å². The average molecular weight is 263 g/mol. The number of aromatic nitrogens is 2. The monoisotopic (exact) mass is 263 g/mol. The molecule has 0 aliphatic rings. The van der Waals surface area contributed by atoms with Crippen LogP contribution in [0.25, 0.3) is 0 Å². The molecular weight excluding hydrogens is 246 g/mol. The van der Waals surface area contributed by atoms with Gasteiger partial charge in [0.05, 0.1) is 13.3 Å². The summed E-state index contributed by atoms with van der Waals surface area (Å²) in [5.74, 6) is 1.68. The van der Waals surface area contributed by atoms with Crippen molar-refractivity contribution in [1.29, 1.82) is 0 Å². The van der Waals surface area contributed by atoms with Gasteiger partial charge in [-0.1, -0.05) is 12.1 Å². The number of benzene rings is 1. The largest absolute Gasteiger partial charge is 0.497 e. The molecule has 1 aromatic heterocycles. The van der Waals surface area contributed by atoms with Crippen molar-refractivity contribution in [2.45, 2.75) is 10.9 Å². The molecule has 0 saturated carbocycles. The molecule has 4 nitrogen and oxygen atoms in total. The predicted octanol–water partition coefficient (Wildman–Crippen LogP) is 2.22. The first-order valence-corrected chi connectivity index (χ1v) is 6.68. The standard InChI is InChI=1S/C13H17N3OS/c1-16-8-12(7-15-16)18-9-13(14)10-3-5-11(17-2)6-4-10/h3-8,13H,9,14H2,1-2H3. The Labute approximate surface area is 111 Å². The SMILES string of the molecule is COc1ccc(C(N)CSc2cnn(C)c2)cc1. The molecule has 2 aromatic rings. The van der Waals surface area contributed by atoms with Crippen LogP contribution in [0.1, 0.15) is 11.6 Å². The Morgan fingerprint density at radius 2 is 2.11 bits per heavy atom. The Morgan fingerprint density at radius 3 is 2.67 bits per heavy atom. The van der Waals surface area contributed by atoms with E-state index in [0.29, 0.717) is 0 Å². The summed E-state index contributed by atoms with van der Waals surface area (Å²) in [6.07, 6.45) is 3.84. The Kier molecular flexibility index (Phi) is 4.28. The molecule has 96 valence electrons. The maximum atomic E-state index is 6.15. The lowest BCUT2D eigenvalue weighted by molar-refractivity contribution is 0.414. The van der Waals surface area contributed by atoms with E-state index < -0.39 is 0 Å². The summed E-state index contributed by atoms with van der Waals surface area (Å²) in [6, 6.07) is 7.90. The Bertz CT molecular complexity index is 495. The van der Waals surface area contributed by atoms with Crippen LogP contribution in [0.15, 0.2) is 41.6 Å². The summed E-state index contributed by atoms with van der Waals surface area (Å²) in [6.45, 7) is 0. The van der Waals surface area contributed by atoms with Crippen molar-refractivity contribution in [3.8, 4) is 5.75 Å². The first kappa shape index (κ1) is 13.0.